The number of aliphatic hydroxyl groups excluding tert-OH is 1. The maximum absolute atomic E-state index is 11.8. The van der Waals surface area contributed by atoms with Gasteiger partial charge in [-0.1, -0.05) is 17.7 Å². The van der Waals surface area contributed by atoms with Crippen molar-refractivity contribution in [3.63, 3.8) is 0 Å². The number of benzene rings is 1. The summed E-state index contributed by atoms with van der Waals surface area (Å²) in [6.07, 6.45) is 0.513. The molecule has 1 amide bonds. The van der Waals surface area contributed by atoms with Gasteiger partial charge in [-0.05, 0) is 38.5 Å². The van der Waals surface area contributed by atoms with E-state index in [2.05, 4.69) is 5.32 Å². The van der Waals surface area contributed by atoms with Crippen LogP contribution >= 0.6 is 11.6 Å². The van der Waals surface area contributed by atoms with Crippen LogP contribution < -0.4 is 5.32 Å². The Morgan fingerprint density at radius 1 is 1.50 bits per heavy atom. The van der Waals surface area contributed by atoms with Crippen LogP contribution in [0, 0.1) is 0 Å². The molecule has 88 valence electrons. The van der Waals surface area contributed by atoms with Crippen LogP contribution in [0.5, 0.6) is 0 Å². The van der Waals surface area contributed by atoms with E-state index in [0.29, 0.717) is 17.0 Å². The fourth-order valence-electron chi connectivity index (χ4n) is 1.35. The van der Waals surface area contributed by atoms with Gasteiger partial charge in [0.25, 0.3) is 5.91 Å². The molecule has 0 saturated heterocycles. The van der Waals surface area contributed by atoms with Crippen molar-refractivity contribution >= 4 is 17.5 Å². The van der Waals surface area contributed by atoms with Crippen LogP contribution in [0.3, 0.4) is 0 Å². The fourth-order valence-corrected chi connectivity index (χ4v) is 1.54. The predicted molar refractivity (Wildman–Crippen MR) is 64.7 cm³/mol. The smallest absolute Gasteiger partial charge is 0.251 e. The van der Waals surface area contributed by atoms with Crippen molar-refractivity contribution < 1.29 is 9.90 Å². The standard InChI is InChI=1S/C12H16ClNO2/c1-12(2,6-7-15)14-11(16)9-4-3-5-10(13)8-9/h3-5,8,15H,6-7H2,1-2H3,(H,14,16). The second-order valence-electron chi connectivity index (χ2n) is 4.32. The summed E-state index contributed by atoms with van der Waals surface area (Å²) in [5.41, 5.74) is 0.104. The Kier molecular flexibility index (Phi) is 4.33. The first-order valence-corrected chi connectivity index (χ1v) is 5.51. The molecule has 0 heterocycles. The predicted octanol–water partition coefficient (Wildman–Crippen LogP) is 2.23. The molecule has 3 nitrogen and oxygen atoms in total. The van der Waals surface area contributed by atoms with Crippen molar-refractivity contribution in [1.29, 1.82) is 0 Å². The molecule has 1 aromatic rings. The Morgan fingerprint density at radius 2 is 2.19 bits per heavy atom. The molecule has 0 unspecified atom stereocenters. The van der Waals surface area contributed by atoms with Gasteiger partial charge in [-0.2, -0.15) is 0 Å². The zero-order valence-electron chi connectivity index (χ0n) is 9.46. The zero-order chi connectivity index (χ0) is 12.2. The molecule has 0 fully saturated rings. The van der Waals surface area contributed by atoms with Crippen LogP contribution in [0.4, 0.5) is 0 Å². The minimum Gasteiger partial charge on any atom is -0.396 e. The van der Waals surface area contributed by atoms with Crippen LogP contribution in [0.1, 0.15) is 30.6 Å². The first-order chi connectivity index (χ1) is 7.44. The summed E-state index contributed by atoms with van der Waals surface area (Å²) < 4.78 is 0. The third-order valence-electron chi connectivity index (χ3n) is 2.28. The van der Waals surface area contributed by atoms with Crippen molar-refractivity contribution in [2.24, 2.45) is 0 Å². The number of amides is 1. The molecule has 16 heavy (non-hydrogen) atoms. The Bertz CT molecular complexity index is 377. The quantitative estimate of drug-likeness (QED) is 0.849. The molecule has 0 bridgehead atoms. The van der Waals surface area contributed by atoms with E-state index >= 15 is 0 Å². The van der Waals surface area contributed by atoms with Crippen molar-refractivity contribution in [1.82, 2.24) is 5.32 Å². The van der Waals surface area contributed by atoms with Crippen molar-refractivity contribution in [3.05, 3.63) is 34.9 Å². The van der Waals surface area contributed by atoms with Gasteiger partial charge >= 0.3 is 0 Å². The van der Waals surface area contributed by atoms with Gasteiger partial charge in [-0.15, -0.1) is 0 Å². The highest BCUT2D eigenvalue weighted by Crippen LogP contribution is 2.13. The van der Waals surface area contributed by atoms with Crippen molar-refractivity contribution in [2.75, 3.05) is 6.61 Å². The summed E-state index contributed by atoms with van der Waals surface area (Å²) in [4.78, 5) is 11.8. The molecule has 0 radical (unpaired) electrons. The fraction of sp³-hybridized carbons (Fsp3) is 0.417. The van der Waals surface area contributed by atoms with Crippen LogP contribution in [-0.2, 0) is 0 Å². The summed E-state index contributed by atoms with van der Waals surface area (Å²) in [6, 6.07) is 6.77. The van der Waals surface area contributed by atoms with E-state index in [4.69, 9.17) is 16.7 Å². The van der Waals surface area contributed by atoms with E-state index in [9.17, 15) is 4.79 Å². The minimum atomic E-state index is -0.422. The molecule has 0 saturated carbocycles. The molecule has 0 aliphatic carbocycles. The Balaban J connectivity index is 2.72. The topological polar surface area (TPSA) is 49.3 Å². The molecule has 1 rings (SSSR count). The number of aliphatic hydroxyl groups is 1. The van der Waals surface area contributed by atoms with Gasteiger partial charge < -0.3 is 10.4 Å². The van der Waals surface area contributed by atoms with Gasteiger partial charge in [0.15, 0.2) is 0 Å². The molecule has 4 heteroatoms. The third-order valence-corrected chi connectivity index (χ3v) is 2.51. The Labute approximate surface area is 100 Å². The van der Waals surface area contributed by atoms with Gasteiger partial charge in [-0.25, -0.2) is 0 Å². The molecule has 1 aromatic carbocycles. The second kappa shape index (κ2) is 5.32. The lowest BCUT2D eigenvalue weighted by atomic mass is 10.0. The van der Waals surface area contributed by atoms with Gasteiger partial charge in [0.1, 0.15) is 0 Å². The molecule has 0 aliphatic rings. The maximum atomic E-state index is 11.8. The number of nitrogens with one attached hydrogen (secondary N) is 1. The van der Waals surface area contributed by atoms with Crippen LogP contribution in [0.2, 0.25) is 5.02 Å². The monoisotopic (exact) mass is 241 g/mol. The van der Waals surface area contributed by atoms with Crippen LogP contribution in [0.25, 0.3) is 0 Å². The Morgan fingerprint density at radius 3 is 2.75 bits per heavy atom. The number of halogens is 1. The highest BCUT2D eigenvalue weighted by atomic mass is 35.5. The number of hydrogen-bond donors (Lipinski definition) is 2. The lowest BCUT2D eigenvalue weighted by Crippen LogP contribution is -2.44. The molecular formula is C12H16ClNO2. The average molecular weight is 242 g/mol. The highest BCUT2D eigenvalue weighted by Gasteiger charge is 2.20. The van der Waals surface area contributed by atoms with Crippen molar-refractivity contribution in [2.45, 2.75) is 25.8 Å². The summed E-state index contributed by atoms with van der Waals surface area (Å²) >= 11 is 5.80. The van der Waals surface area contributed by atoms with Crippen molar-refractivity contribution in [3.8, 4) is 0 Å². The Hall–Kier alpha value is -1.06. The maximum Gasteiger partial charge on any atom is 0.251 e. The number of carbonyl (C=O) groups excluding carboxylic acids is 1. The first-order valence-electron chi connectivity index (χ1n) is 5.13. The largest absolute Gasteiger partial charge is 0.396 e. The lowest BCUT2D eigenvalue weighted by Gasteiger charge is -2.25. The molecule has 0 spiro atoms. The molecule has 0 atom stereocenters. The van der Waals surface area contributed by atoms with E-state index in [-0.39, 0.29) is 12.5 Å². The highest BCUT2D eigenvalue weighted by molar-refractivity contribution is 6.30. The second-order valence-corrected chi connectivity index (χ2v) is 4.76. The average Bonchev–Trinajstić information content (AvgIpc) is 2.16. The summed E-state index contributed by atoms with van der Waals surface area (Å²) in [5, 5.41) is 12.2. The van der Waals surface area contributed by atoms with E-state index in [1.807, 2.05) is 13.8 Å². The summed E-state index contributed by atoms with van der Waals surface area (Å²) in [7, 11) is 0. The molecular weight excluding hydrogens is 226 g/mol. The van der Waals surface area contributed by atoms with Gasteiger partial charge in [0.05, 0.1) is 0 Å². The van der Waals surface area contributed by atoms with E-state index < -0.39 is 5.54 Å². The van der Waals surface area contributed by atoms with Gasteiger partial charge in [-0.3, -0.25) is 4.79 Å². The summed E-state index contributed by atoms with van der Waals surface area (Å²) in [5.74, 6) is -0.180. The minimum absolute atomic E-state index is 0.0445. The molecule has 0 aromatic heterocycles. The number of carbonyl (C=O) groups is 1. The molecule has 0 aliphatic heterocycles. The lowest BCUT2D eigenvalue weighted by molar-refractivity contribution is 0.0899. The summed E-state index contributed by atoms with van der Waals surface area (Å²) in [6.45, 7) is 3.78. The zero-order valence-corrected chi connectivity index (χ0v) is 10.2. The van der Waals surface area contributed by atoms with E-state index in [1.54, 1.807) is 24.3 Å². The first kappa shape index (κ1) is 13.0. The van der Waals surface area contributed by atoms with Gasteiger partial charge in [0, 0.05) is 22.7 Å². The molecule has 2 N–H and O–H groups in total. The van der Waals surface area contributed by atoms with Crippen LogP contribution in [0.15, 0.2) is 24.3 Å². The van der Waals surface area contributed by atoms with Crippen LogP contribution in [-0.4, -0.2) is 23.2 Å². The normalized spacial score (nSPS) is 11.2. The van der Waals surface area contributed by atoms with Gasteiger partial charge in [0.2, 0.25) is 0 Å². The third kappa shape index (κ3) is 3.83. The SMILES string of the molecule is CC(C)(CCO)NC(=O)c1cccc(Cl)c1. The van der Waals surface area contributed by atoms with E-state index in [1.165, 1.54) is 0 Å². The number of rotatable bonds is 4. The number of hydrogen-bond acceptors (Lipinski definition) is 2. The van der Waals surface area contributed by atoms with E-state index in [0.717, 1.165) is 0 Å².